The zero-order valence-electron chi connectivity index (χ0n) is 16.0. The molecule has 2 aromatic heterocycles. The molecule has 9 nitrogen and oxygen atoms in total. The largest absolute Gasteiger partial charge is 0.492 e. The van der Waals surface area contributed by atoms with Gasteiger partial charge in [0.05, 0.1) is 12.5 Å². The van der Waals surface area contributed by atoms with Crippen molar-refractivity contribution in [3.8, 4) is 11.6 Å². The average Bonchev–Trinajstić information content (AvgIpc) is 3.32. The lowest BCUT2D eigenvalue weighted by Gasteiger charge is -2.32. The summed E-state index contributed by atoms with van der Waals surface area (Å²) in [5.74, 6) is 2.16. The minimum absolute atomic E-state index is 0.0542. The summed E-state index contributed by atoms with van der Waals surface area (Å²) in [6.45, 7) is 2.42. The van der Waals surface area contributed by atoms with E-state index in [0.717, 1.165) is 31.0 Å². The standard InChI is InChI=1S/C20H23N7O2/c28-20(22-10-12-29-17-6-2-1-3-7-17)16-5-4-11-26(13-16)18-8-9-19(25-24-18)27-15-21-14-23-27/h1-3,6-9,14-16H,4-5,10-13H2,(H,22,28). The van der Waals surface area contributed by atoms with Crippen LogP contribution >= 0.6 is 0 Å². The van der Waals surface area contributed by atoms with Crippen molar-refractivity contribution >= 4 is 11.7 Å². The molecule has 1 unspecified atom stereocenters. The second-order valence-corrected chi connectivity index (χ2v) is 6.83. The molecule has 1 amide bonds. The number of hydrogen-bond donors (Lipinski definition) is 1. The highest BCUT2D eigenvalue weighted by atomic mass is 16.5. The smallest absolute Gasteiger partial charge is 0.225 e. The van der Waals surface area contributed by atoms with Crippen LogP contribution in [0.5, 0.6) is 5.75 Å². The number of anilines is 1. The molecule has 4 rings (SSSR count). The predicted octanol–water partition coefficient (Wildman–Crippen LogP) is 1.47. The third-order valence-corrected chi connectivity index (χ3v) is 4.82. The van der Waals surface area contributed by atoms with Gasteiger partial charge in [-0.2, -0.15) is 5.10 Å². The van der Waals surface area contributed by atoms with E-state index in [9.17, 15) is 4.79 Å². The highest BCUT2D eigenvalue weighted by Gasteiger charge is 2.26. The van der Waals surface area contributed by atoms with Crippen molar-refractivity contribution in [1.82, 2.24) is 30.3 Å². The Kier molecular flexibility index (Phi) is 5.94. The first-order valence-corrected chi connectivity index (χ1v) is 9.69. The third kappa shape index (κ3) is 4.87. The molecule has 0 saturated carbocycles. The number of nitrogens with one attached hydrogen (secondary N) is 1. The molecule has 0 aliphatic carbocycles. The van der Waals surface area contributed by atoms with Crippen LogP contribution in [0.15, 0.2) is 55.1 Å². The van der Waals surface area contributed by atoms with Crippen molar-refractivity contribution in [2.45, 2.75) is 12.8 Å². The van der Waals surface area contributed by atoms with Crippen LogP contribution < -0.4 is 15.0 Å². The van der Waals surface area contributed by atoms with Crippen LogP contribution in [0.3, 0.4) is 0 Å². The minimum Gasteiger partial charge on any atom is -0.492 e. The van der Waals surface area contributed by atoms with E-state index in [-0.39, 0.29) is 11.8 Å². The van der Waals surface area contributed by atoms with Gasteiger partial charge < -0.3 is 15.0 Å². The van der Waals surface area contributed by atoms with E-state index in [0.29, 0.717) is 25.5 Å². The molecule has 0 radical (unpaired) electrons. The van der Waals surface area contributed by atoms with Crippen molar-refractivity contribution in [3.63, 3.8) is 0 Å². The molecule has 1 aromatic carbocycles. The fourth-order valence-corrected chi connectivity index (χ4v) is 3.34. The lowest BCUT2D eigenvalue weighted by Crippen LogP contribution is -2.44. The lowest BCUT2D eigenvalue weighted by molar-refractivity contribution is -0.125. The van der Waals surface area contributed by atoms with Crippen molar-refractivity contribution in [3.05, 3.63) is 55.1 Å². The van der Waals surface area contributed by atoms with Crippen LogP contribution in [0.2, 0.25) is 0 Å². The van der Waals surface area contributed by atoms with E-state index in [1.165, 1.54) is 6.33 Å². The number of carbonyl (C=O) groups excluding carboxylic acids is 1. The lowest BCUT2D eigenvalue weighted by atomic mass is 9.97. The Labute approximate surface area is 168 Å². The summed E-state index contributed by atoms with van der Waals surface area (Å²) in [7, 11) is 0. The van der Waals surface area contributed by atoms with Gasteiger partial charge >= 0.3 is 0 Å². The van der Waals surface area contributed by atoms with E-state index in [1.54, 1.807) is 11.0 Å². The van der Waals surface area contributed by atoms with Gasteiger partial charge in [-0.3, -0.25) is 4.79 Å². The van der Waals surface area contributed by atoms with Gasteiger partial charge in [-0.15, -0.1) is 10.2 Å². The summed E-state index contributed by atoms with van der Waals surface area (Å²) in [5.41, 5.74) is 0. The number of hydrogen-bond acceptors (Lipinski definition) is 7. The number of benzene rings is 1. The molecule has 1 aliphatic heterocycles. The zero-order chi connectivity index (χ0) is 19.9. The fourth-order valence-electron chi connectivity index (χ4n) is 3.34. The van der Waals surface area contributed by atoms with Crippen molar-refractivity contribution in [1.29, 1.82) is 0 Å². The Morgan fingerprint density at radius 1 is 1.14 bits per heavy atom. The van der Waals surface area contributed by atoms with E-state index in [2.05, 4.69) is 30.5 Å². The first-order valence-electron chi connectivity index (χ1n) is 9.69. The molecule has 1 fully saturated rings. The monoisotopic (exact) mass is 393 g/mol. The first kappa shape index (κ1) is 18.9. The second-order valence-electron chi connectivity index (χ2n) is 6.83. The molecule has 3 aromatic rings. The predicted molar refractivity (Wildman–Crippen MR) is 107 cm³/mol. The highest BCUT2D eigenvalue weighted by molar-refractivity contribution is 5.79. The first-order chi connectivity index (χ1) is 14.3. The van der Waals surface area contributed by atoms with Crippen LogP contribution in [0.25, 0.3) is 5.82 Å². The van der Waals surface area contributed by atoms with Gasteiger partial charge in [-0.25, -0.2) is 9.67 Å². The van der Waals surface area contributed by atoms with Crippen LogP contribution in [-0.2, 0) is 4.79 Å². The summed E-state index contributed by atoms with van der Waals surface area (Å²) in [5, 5.41) is 15.5. The fraction of sp³-hybridized carbons (Fsp3) is 0.350. The molecule has 1 aliphatic rings. The average molecular weight is 393 g/mol. The highest BCUT2D eigenvalue weighted by Crippen LogP contribution is 2.21. The van der Waals surface area contributed by atoms with Gasteiger partial charge in [0.1, 0.15) is 25.0 Å². The van der Waals surface area contributed by atoms with Crippen LogP contribution in [-0.4, -0.2) is 57.1 Å². The SMILES string of the molecule is O=C(NCCOc1ccccc1)C1CCCN(c2ccc(-n3cncn3)nn2)C1. The molecule has 9 heteroatoms. The van der Waals surface area contributed by atoms with Crippen LogP contribution in [0, 0.1) is 5.92 Å². The maximum absolute atomic E-state index is 12.5. The summed E-state index contributed by atoms with van der Waals surface area (Å²) in [4.78, 5) is 18.6. The van der Waals surface area contributed by atoms with Crippen LogP contribution in [0.4, 0.5) is 5.82 Å². The summed E-state index contributed by atoms with van der Waals surface area (Å²) in [6.07, 6.45) is 4.83. The van der Waals surface area contributed by atoms with Crippen LogP contribution in [0.1, 0.15) is 12.8 Å². The van der Waals surface area contributed by atoms with E-state index in [4.69, 9.17) is 4.74 Å². The number of amides is 1. The Morgan fingerprint density at radius 2 is 1.97 bits per heavy atom. The Balaban J connectivity index is 1.27. The van der Waals surface area contributed by atoms with Gasteiger partial charge in [0.2, 0.25) is 5.91 Å². The molecule has 3 heterocycles. The van der Waals surface area contributed by atoms with Crippen molar-refractivity contribution in [2.75, 3.05) is 31.1 Å². The number of nitrogens with zero attached hydrogens (tertiary/aromatic N) is 6. The Bertz CT molecular complexity index is 900. The second kappa shape index (κ2) is 9.13. The number of rotatable bonds is 7. The molecule has 0 bridgehead atoms. The summed E-state index contributed by atoms with van der Waals surface area (Å²) < 4.78 is 7.18. The number of ether oxygens (including phenoxy) is 1. The van der Waals surface area contributed by atoms with Gasteiger partial charge in [0.25, 0.3) is 0 Å². The molecule has 1 N–H and O–H groups in total. The number of aromatic nitrogens is 5. The van der Waals surface area contributed by atoms with Crippen molar-refractivity contribution in [2.24, 2.45) is 5.92 Å². The Morgan fingerprint density at radius 3 is 2.72 bits per heavy atom. The summed E-state index contributed by atoms with van der Waals surface area (Å²) >= 11 is 0. The number of para-hydroxylation sites is 1. The van der Waals surface area contributed by atoms with E-state index in [1.807, 2.05) is 42.5 Å². The third-order valence-electron chi connectivity index (χ3n) is 4.82. The molecular formula is C20H23N7O2. The molecule has 1 atom stereocenters. The quantitative estimate of drug-likeness (QED) is 0.607. The number of carbonyl (C=O) groups is 1. The molecule has 0 spiro atoms. The van der Waals surface area contributed by atoms with Gasteiger partial charge in [0, 0.05) is 13.1 Å². The van der Waals surface area contributed by atoms with Gasteiger partial charge in [0.15, 0.2) is 11.6 Å². The minimum atomic E-state index is -0.0720. The maximum Gasteiger partial charge on any atom is 0.225 e. The molecular weight excluding hydrogens is 370 g/mol. The van der Waals surface area contributed by atoms with Gasteiger partial charge in [-0.05, 0) is 37.1 Å². The molecule has 1 saturated heterocycles. The van der Waals surface area contributed by atoms with E-state index >= 15 is 0 Å². The zero-order valence-corrected chi connectivity index (χ0v) is 16.0. The van der Waals surface area contributed by atoms with Gasteiger partial charge in [-0.1, -0.05) is 18.2 Å². The molecule has 150 valence electrons. The Hall–Kier alpha value is -3.49. The summed E-state index contributed by atoms with van der Waals surface area (Å²) in [6, 6.07) is 13.3. The number of piperidine rings is 1. The van der Waals surface area contributed by atoms with Crippen molar-refractivity contribution < 1.29 is 9.53 Å². The topological polar surface area (TPSA) is 98.1 Å². The van der Waals surface area contributed by atoms with E-state index < -0.39 is 0 Å². The maximum atomic E-state index is 12.5. The molecule has 29 heavy (non-hydrogen) atoms. The normalized spacial score (nSPS) is 16.4.